The zero-order chi connectivity index (χ0) is 24.0. The lowest BCUT2D eigenvalue weighted by atomic mass is 10.2. The van der Waals surface area contributed by atoms with Crippen molar-refractivity contribution in [3.05, 3.63) is 56.9 Å². The fraction of sp³-hybridized carbons (Fsp3) is 0.292. The van der Waals surface area contributed by atoms with Crippen LogP contribution in [0.2, 0.25) is 0 Å². The van der Waals surface area contributed by atoms with Crippen molar-refractivity contribution >= 4 is 56.5 Å². The van der Waals surface area contributed by atoms with Crippen molar-refractivity contribution in [2.45, 2.75) is 20.8 Å². The Balaban J connectivity index is 1.85. The summed E-state index contributed by atoms with van der Waals surface area (Å²) >= 11 is 4.82. The van der Waals surface area contributed by atoms with Crippen LogP contribution in [-0.2, 0) is 9.53 Å². The average Bonchev–Trinajstić information content (AvgIpc) is 3.04. The molecule has 0 radical (unpaired) electrons. The number of benzene rings is 2. The van der Waals surface area contributed by atoms with Crippen molar-refractivity contribution in [2.24, 2.45) is 4.99 Å². The molecule has 0 N–H and O–H groups in total. The molecule has 0 aromatic heterocycles. The highest BCUT2D eigenvalue weighted by Gasteiger charge is 2.30. The monoisotopic (exact) mass is 532 g/mol. The Morgan fingerprint density at radius 3 is 2.42 bits per heavy atom. The Labute approximate surface area is 205 Å². The lowest BCUT2D eigenvalue weighted by Crippen LogP contribution is -2.23. The van der Waals surface area contributed by atoms with E-state index in [-0.39, 0.29) is 11.9 Å². The Hall–Kier alpha value is -2.78. The minimum Gasteiger partial charge on any atom is -0.490 e. The van der Waals surface area contributed by atoms with Crippen LogP contribution in [0.1, 0.15) is 36.7 Å². The Morgan fingerprint density at radius 1 is 1.09 bits per heavy atom. The van der Waals surface area contributed by atoms with Gasteiger partial charge < -0.3 is 14.2 Å². The zero-order valence-electron chi connectivity index (χ0n) is 18.9. The third-order valence-corrected chi connectivity index (χ3v) is 6.17. The summed E-state index contributed by atoms with van der Waals surface area (Å²) in [5.74, 6) is 0.722. The minimum atomic E-state index is -0.377. The van der Waals surface area contributed by atoms with E-state index in [2.05, 4.69) is 20.9 Å². The summed E-state index contributed by atoms with van der Waals surface area (Å²) in [5, 5.41) is 0.546. The lowest BCUT2D eigenvalue weighted by molar-refractivity contribution is -0.121. The number of aliphatic imine (C=N–C) groups is 1. The molecule has 0 aliphatic carbocycles. The summed E-state index contributed by atoms with van der Waals surface area (Å²) in [4.78, 5) is 31.2. The predicted octanol–water partition coefficient (Wildman–Crippen LogP) is 5.66. The van der Waals surface area contributed by atoms with Gasteiger partial charge in [-0.25, -0.2) is 9.79 Å². The van der Waals surface area contributed by atoms with Crippen LogP contribution in [-0.4, -0.2) is 48.8 Å². The molecule has 2 aromatic carbocycles. The topological polar surface area (TPSA) is 77.4 Å². The van der Waals surface area contributed by atoms with Crippen molar-refractivity contribution in [3.63, 3.8) is 0 Å². The molecule has 2 aromatic rings. The van der Waals surface area contributed by atoms with Gasteiger partial charge in [-0.1, -0.05) is 0 Å². The second-order valence-corrected chi connectivity index (χ2v) is 8.70. The number of hydrogen-bond acceptors (Lipinski definition) is 7. The highest BCUT2D eigenvalue weighted by molar-refractivity contribution is 9.10. The van der Waals surface area contributed by atoms with Crippen LogP contribution in [0.15, 0.2) is 50.8 Å². The molecule has 3 rings (SSSR count). The number of halogens is 1. The van der Waals surface area contributed by atoms with E-state index in [4.69, 9.17) is 14.2 Å². The molecule has 1 saturated heterocycles. The van der Waals surface area contributed by atoms with Crippen LogP contribution in [0, 0.1) is 0 Å². The highest BCUT2D eigenvalue weighted by atomic mass is 79.9. The first kappa shape index (κ1) is 24.9. The number of thioether (sulfide) groups is 1. The maximum atomic E-state index is 12.8. The maximum absolute atomic E-state index is 12.8. The number of amides is 1. The highest BCUT2D eigenvalue weighted by Crippen LogP contribution is 2.39. The predicted molar refractivity (Wildman–Crippen MR) is 134 cm³/mol. The number of rotatable bonds is 8. The van der Waals surface area contributed by atoms with Crippen LogP contribution >= 0.6 is 27.7 Å². The molecule has 7 nitrogen and oxygen atoms in total. The molecule has 0 unspecified atom stereocenters. The number of nitrogens with zero attached hydrogens (tertiary/aromatic N) is 2. The van der Waals surface area contributed by atoms with E-state index in [1.165, 1.54) is 16.7 Å². The van der Waals surface area contributed by atoms with Crippen LogP contribution in [0.5, 0.6) is 11.5 Å². The number of carbonyl (C=O) groups is 2. The first-order valence-electron chi connectivity index (χ1n) is 10.5. The molecule has 174 valence electrons. The smallest absolute Gasteiger partial charge is 0.338 e. The molecular formula is C24H25BrN2O5S. The number of esters is 1. The van der Waals surface area contributed by atoms with Crippen LogP contribution in [0.3, 0.4) is 0 Å². The van der Waals surface area contributed by atoms with E-state index >= 15 is 0 Å². The van der Waals surface area contributed by atoms with Gasteiger partial charge in [0.05, 0.1) is 40.4 Å². The van der Waals surface area contributed by atoms with Crippen molar-refractivity contribution in [2.75, 3.05) is 26.9 Å². The van der Waals surface area contributed by atoms with E-state index in [0.717, 1.165) is 10.0 Å². The van der Waals surface area contributed by atoms with Crippen molar-refractivity contribution in [1.82, 2.24) is 4.90 Å². The van der Waals surface area contributed by atoms with Crippen molar-refractivity contribution in [1.29, 1.82) is 0 Å². The third-order valence-electron chi connectivity index (χ3n) is 4.52. The first-order chi connectivity index (χ1) is 15.9. The van der Waals surface area contributed by atoms with E-state index in [1.54, 1.807) is 44.3 Å². The zero-order valence-corrected chi connectivity index (χ0v) is 21.3. The van der Waals surface area contributed by atoms with Gasteiger partial charge in [0.15, 0.2) is 16.7 Å². The Bertz CT molecular complexity index is 1100. The summed E-state index contributed by atoms with van der Waals surface area (Å²) in [6.45, 7) is 6.90. The molecular weight excluding hydrogens is 508 g/mol. The molecule has 1 heterocycles. The number of amidine groups is 1. The van der Waals surface area contributed by atoms with Crippen molar-refractivity contribution in [3.8, 4) is 11.5 Å². The molecule has 0 spiro atoms. The molecule has 1 aliphatic rings. The number of ether oxygens (including phenoxy) is 3. The second-order valence-electron chi connectivity index (χ2n) is 6.83. The summed E-state index contributed by atoms with van der Waals surface area (Å²) in [6.07, 6.45) is 1.80. The molecule has 0 bridgehead atoms. The third kappa shape index (κ3) is 5.97. The van der Waals surface area contributed by atoms with Crippen LogP contribution in [0.4, 0.5) is 5.69 Å². The van der Waals surface area contributed by atoms with Crippen LogP contribution in [0.25, 0.3) is 6.08 Å². The molecule has 33 heavy (non-hydrogen) atoms. The van der Waals surface area contributed by atoms with E-state index < -0.39 is 0 Å². The Kier molecular flexibility index (Phi) is 8.57. The van der Waals surface area contributed by atoms with Gasteiger partial charge in [-0.15, -0.1) is 0 Å². The van der Waals surface area contributed by atoms with Crippen molar-refractivity contribution < 1.29 is 23.8 Å². The molecule has 1 fully saturated rings. The largest absolute Gasteiger partial charge is 0.490 e. The van der Waals surface area contributed by atoms with Gasteiger partial charge in [-0.05, 0) is 96.5 Å². The molecule has 1 amide bonds. The normalized spacial score (nSPS) is 15.9. The standard InChI is InChI=1S/C24H25BrN2O5S/c1-5-30-19-13-15(12-18(25)21(19)31-6-2)14-20-22(28)27(4)24(33-20)26-17-10-8-16(9-11-17)23(29)32-7-3/h8-14H,5-7H2,1-4H3/b20-14+,26-24?. The number of likely N-dealkylation sites (N-methyl/N-ethyl adjacent to an activating group) is 1. The van der Waals surface area contributed by atoms with Gasteiger partial charge in [0.1, 0.15) is 0 Å². The fourth-order valence-corrected chi connectivity index (χ4v) is 4.58. The molecule has 0 saturated carbocycles. The first-order valence-corrected chi connectivity index (χ1v) is 12.1. The van der Waals surface area contributed by atoms with Gasteiger partial charge in [-0.3, -0.25) is 9.69 Å². The second kappa shape index (κ2) is 11.4. The summed E-state index contributed by atoms with van der Waals surface area (Å²) in [5.41, 5.74) is 1.89. The SMILES string of the molecule is CCOC(=O)c1ccc(N=C2S/C(=C/c3cc(Br)c(OCC)c(OCC)c3)C(=O)N2C)cc1. The minimum absolute atomic E-state index is 0.148. The van der Waals surface area contributed by atoms with Crippen LogP contribution < -0.4 is 9.47 Å². The van der Waals surface area contributed by atoms with Gasteiger partial charge >= 0.3 is 5.97 Å². The maximum Gasteiger partial charge on any atom is 0.338 e. The lowest BCUT2D eigenvalue weighted by Gasteiger charge is -2.13. The quantitative estimate of drug-likeness (QED) is 0.322. The Morgan fingerprint density at radius 2 is 1.79 bits per heavy atom. The average molecular weight is 533 g/mol. The number of hydrogen-bond donors (Lipinski definition) is 0. The van der Waals surface area contributed by atoms with Gasteiger partial charge in [-0.2, -0.15) is 0 Å². The van der Waals surface area contributed by atoms with E-state index in [1.807, 2.05) is 26.0 Å². The van der Waals surface area contributed by atoms with Gasteiger partial charge in [0.25, 0.3) is 5.91 Å². The summed E-state index contributed by atoms with van der Waals surface area (Å²) in [7, 11) is 1.68. The van der Waals surface area contributed by atoms with E-state index in [9.17, 15) is 9.59 Å². The fourth-order valence-electron chi connectivity index (χ4n) is 3.02. The van der Waals surface area contributed by atoms with E-state index in [0.29, 0.717) is 52.6 Å². The number of carbonyl (C=O) groups excluding carboxylic acids is 2. The molecule has 9 heteroatoms. The molecule has 1 aliphatic heterocycles. The van der Waals surface area contributed by atoms with Gasteiger partial charge in [0.2, 0.25) is 0 Å². The molecule has 0 atom stereocenters. The summed E-state index contributed by atoms with van der Waals surface area (Å²) in [6, 6.07) is 10.5. The summed E-state index contributed by atoms with van der Waals surface area (Å²) < 4.78 is 17.2. The van der Waals surface area contributed by atoms with Gasteiger partial charge in [0, 0.05) is 7.05 Å².